The number of ether oxygens (including phenoxy) is 1. The SMILES string of the molecule is CC(=O)OC1=C(c2ccccc2)[S@@](=O)c2ccccc2-n2cccc21. The van der Waals surface area contributed by atoms with Crippen LogP contribution in [0.25, 0.3) is 16.4 Å². The molecule has 4 rings (SSSR count). The Labute approximate surface area is 147 Å². The van der Waals surface area contributed by atoms with Gasteiger partial charge in [-0.3, -0.25) is 4.79 Å². The fourth-order valence-corrected chi connectivity index (χ4v) is 4.41. The van der Waals surface area contributed by atoms with Crippen molar-refractivity contribution in [1.29, 1.82) is 0 Å². The van der Waals surface area contributed by atoms with Gasteiger partial charge in [0.2, 0.25) is 0 Å². The van der Waals surface area contributed by atoms with E-state index in [0.29, 0.717) is 21.3 Å². The summed E-state index contributed by atoms with van der Waals surface area (Å²) in [5.41, 5.74) is 2.28. The Hall–Kier alpha value is -2.92. The molecule has 0 aliphatic carbocycles. The maximum Gasteiger partial charge on any atom is 0.308 e. The number of hydrogen-bond acceptors (Lipinski definition) is 3. The predicted octanol–water partition coefficient (Wildman–Crippen LogP) is 3.99. The molecule has 0 saturated carbocycles. The molecule has 1 aliphatic heterocycles. The maximum absolute atomic E-state index is 13.4. The lowest BCUT2D eigenvalue weighted by Crippen LogP contribution is -2.05. The first-order valence-electron chi connectivity index (χ1n) is 7.84. The van der Waals surface area contributed by atoms with Crippen molar-refractivity contribution in [3.05, 3.63) is 84.2 Å². The van der Waals surface area contributed by atoms with Crippen LogP contribution in [0, 0.1) is 0 Å². The number of carbonyl (C=O) groups excluding carboxylic acids is 1. The number of aromatic nitrogens is 1. The van der Waals surface area contributed by atoms with E-state index in [1.807, 2.05) is 77.5 Å². The molecule has 0 spiro atoms. The van der Waals surface area contributed by atoms with Crippen molar-refractivity contribution < 1.29 is 13.7 Å². The van der Waals surface area contributed by atoms with E-state index in [9.17, 15) is 9.00 Å². The zero-order chi connectivity index (χ0) is 17.4. The molecule has 1 aromatic heterocycles. The third kappa shape index (κ3) is 2.62. The molecule has 0 amide bonds. The smallest absolute Gasteiger partial charge is 0.308 e. The Morgan fingerprint density at radius 3 is 2.44 bits per heavy atom. The van der Waals surface area contributed by atoms with Gasteiger partial charge in [0.15, 0.2) is 5.76 Å². The van der Waals surface area contributed by atoms with Crippen LogP contribution in [0.15, 0.2) is 77.8 Å². The van der Waals surface area contributed by atoms with Gasteiger partial charge in [-0.05, 0) is 29.8 Å². The molecule has 0 fully saturated rings. The molecule has 5 heteroatoms. The van der Waals surface area contributed by atoms with E-state index in [0.717, 1.165) is 11.3 Å². The second kappa shape index (κ2) is 6.18. The average molecular weight is 349 g/mol. The number of nitrogens with zero attached hydrogens (tertiary/aromatic N) is 1. The lowest BCUT2D eigenvalue weighted by Gasteiger charge is -2.12. The molecule has 0 bridgehead atoms. The number of benzene rings is 2. The molecule has 2 aromatic carbocycles. The summed E-state index contributed by atoms with van der Waals surface area (Å²) >= 11 is 0. The fourth-order valence-electron chi connectivity index (χ4n) is 2.97. The van der Waals surface area contributed by atoms with Crippen LogP contribution in [0.3, 0.4) is 0 Å². The predicted molar refractivity (Wildman–Crippen MR) is 97.2 cm³/mol. The number of hydrogen-bond donors (Lipinski definition) is 0. The Kier molecular flexibility index (Phi) is 3.86. The molecule has 1 atom stereocenters. The van der Waals surface area contributed by atoms with Crippen LogP contribution >= 0.6 is 0 Å². The quantitative estimate of drug-likeness (QED) is 0.657. The van der Waals surface area contributed by atoms with Crippen molar-refractivity contribution in [1.82, 2.24) is 4.57 Å². The minimum Gasteiger partial charge on any atom is -0.423 e. The van der Waals surface area contributed by atoms with Gasteiger partial charge in [-0.15, -0.1) is 0 Å². The van der Waals surface area contributed by atoms with E-state index >= 15 is 0 Å². The van der Waals surface area contributed by atoms with Crippen molar-refractivity contribution in [3.63, 3.8) is 0 Å². The fraction of sp³-hybridized carbons (Fsp3) is 0.0500. The van der Waals surface area contributed by atoms with E-state index in [1.54, 1.807) is 0 Å². The standard InChI is InChI=1S/C20H15NO3S/c1-14(22)24-19-17-11-7-13-21(17)16-10-5-6-12-18(16)25(23)20(19)15-8-3-2-4-9-15/h2-13H,1H3/t25-/m0/s1. The van der Waals surface area contributed by atoms with Crippen LogP contribution in [-0.4, -0.2) is 14.7 Å². The highest BCUT2D eigenvalue weighted by molar-refractivity contribution is 7.95. The Morgan fingerprint density at radius 1 is 0.960 bits per heavy atom. The Morgan fingerprint density at radius 2 is 1.68 bits per heavy atom. The number of fused-ring (bicyclic) bond motifs is 3. The normalized spacial score (nSPS) is 16.0. The van der Waals surface area contributed by atoms with Crippen LogP contribution < -0.4 is 0 Å². The molecule has 0 N–H and O–H groups in total. The van der Waals surface area contributed by atoms with E-state index in [4.69, 9.17) is 4.74 Å². The van der Waals surface area contributed by atoms with Gasteiger partial charge in [-0.2, -0.15) is 0 Å². The number of carbonyl (C=O) groups is 1. The average Bonchev–Trinajstić information content (AvgIpc) is 3.08. The van der Waals surface area contributed by atoms with Crippen LogP contribution in [0.1, 0.15) is 18.2 Å². The molecule has 4 nitrogen and oxygen atoms in total. The van der Waals surface area contributed by atoms with Gasteiger partial charge in [0.25, 0.3) is 0 Å². The lowest BCUT2D eigenvalue weighted by molar-refractivity contribution is -0.134. The molecule has 2 heterocycles. The molecule has 0 saturated heterocycles. The third-order valence-corrected chi connectivity index (χ3v) is 5.52. The lowest BCUT2D eigenvalue weighted by atomic mass is 10.1. The van der Waals surface area contributed by atoms with Gasteiger partial charge in [-0.25, -0.2) is 4.21 Å². The first kappa shape index (κ1) is 15.6. The summed E-state index contributed by atoms with van der Waals surface area (Å²) in [6.45, 7) is 1.35. The van der Waals surface area contributed by atoms with Crippen LogP contribution in [0.2, 0.25) is 0 Å². The highest BCUT2D eigenvalue weighted by Crippen LogP contribution is 2.39. The summed E-state index contributed by atoms with van der Waals surface area (Å²) in [5.74, 6) is -0.114. The number of para-hydroxylation sites is 1. The summed E-state index contributed by atoms with van der Waals surface area (Å²) in [6.07, 6.45) is 1.88. The van der Waals surface area contributed by atoms with Crippen molar-refractivity contribution >= 4 is 27.4 Å². The molecule has 25 heavy (non-hydrogen) atoms. The van der Waals surface area contributed by atoms with E-state index in [2.05, 4.69) is 0 Å². The van der Waals surface area contributed by atoms with Crippen LogP contribution in [-0.2, 0) is 20.3 Å². The minimum atomic E-state index is -1.49. The van der Waals surface area contributed by atoms with Crippen molar-refractivity contribution in [2.75, 3.05) is 0 Å². The molecule has 0 radical (unpaired) electrons. The molecular formula is C20H15NO3S. The first-order chi connectivity index (χ1) is 12.2. The number of esters is 1. The van der Waals surface area contributed by atoms with Crippen molar-refractivity contribution in [3.8, 4) is 5.69 Å². The molecule has 0 unspecified atom stereocenters. The van der Waals surface area contributed by atoms with E-state index in [-0.39, 0.29) is 0 Å². The maximum atomic E-state index is 13.4. The first-order valence-corrected chi connectivity index (χ1v) is 8.99. The molecule has 1 aliphatic rings. The zero-order valence-corrected chi connectivity index (χ0v) is 14.3. The van der Waals surface area contributed by atoms with Gasteiger partial charge in [0, 0.05) is 13.1 Å². The summed E-state index contributed by atoms with van der Waals surface area (Å²) < 4.78 is 20.9. The Bertz CT molecular complexity index is 1020. The summed E-state index contributed by atoms with van der Waals surface area (Å²) in [7, 11) is -1.49. The van der Waals surface area contributed by atoms with Gasteiger partial charge in [0.05, 0.1) is 32.0 Å². The number of rotatable bonds is 2. The zero-order valence-electron chi connectivity index (χ0n) is 13.5. The molecule has 124 valence electrons. The minimum absolute atomic E-state index is 0.332. The monoisotopic (exact) mass is 349 g/mol. The highest BCUT2D eigenvalue weighted by atomic mass is 32.2. The third-order valence-electron chi connectivity index (χ3n) is 3.98. The Balaban J connectivity index is 2.09. The van der Waals surface area contributed by atoms with Gasteiger partial charge in [0.1, 0.15) is 0 Å². The molecule has 3 aromatic rings. The van der Waals surface area contributed by atoms with E-state index < -0.39 is 16.8 Å². The second-order valence-electron chi connectivity index (χ2n) is 5.62. The largest absolute Gasteiger partial charge is 0.423 e. The van der Waals surface area contributed by atoms with Gasteiger partial charge >= 0.3 is 5.97 Å². The summed E-state index contributed by atoms with van der Waals surface area (Å²) in [6, 6.07) is 20.7. The second-order valence-corrected chi connectivity index (χ2v) is 7.00. The summed E-state index contributed by atoms with van der Waals surface area (Å²) in [5, 5.41) is 0. The molecular weight excluding hydrogens is 334 g/mol. The van der Waals surface area contributed by atoms with Crippen molar-refractivity contribution in [2.45, 2.75) is 11.8 Å². The van der Waals surface area contributed by atoms with Crippen LogP contribution in [0.4, 0.5) is 0 Å². The van der Waals surface area contributed by atoms with Gasteiger partial charge < -0.3 is 9.30 Å². The summed E-state index contributed by atoms with van der Waals surface area (Å²) in [4.78, 5) is 12.9. The van der Waals surface area contributed by atoms with E-state index in [1.165, 1.54) is 6.92 Å². The topological polar surface area (TPSA) is 48.3 Å². The van der Waals surface area contributed by atoms with Crippen LogP contribution in [0.5, 0.6) is 0 Å². The van der Waals surface area contributed by atoms with Gasteiger partial charge in [-0.1, -0.05) is 42.5 Å². The highest BCUT2D eigenvalue weighted by Gasteiger charge is 2.29. The van der Waals surface area contributed by atoms with Crippen molar-refractivity contribution in [2.24, 2.45) is 0 Å².